The Labute approximate surface area is 189 Å². The highest BCUT2D eigenvalue weighted by Gasteiger charge is 2.11. The van der Waals surface area contributed by atoms with E-state index >= 15 is 0 Å². The zero-order valence-electron chi connectivity index (χ0n) is 16.7. The van der Waals surface area contributed by atoms with Crippen LogP contribution >= 0.6 is 22.6 Å². The Morgan fingerprint density at radius 1 is 1.17 bits per heavy atom. The highest BCUT2D eigenvalue weighted by atomic mass is 127. The number of fused-ring (bicyclic) bond motifs is 1. The standard InChI is InChI=1S/C23H25IN4O2/c24-20(13-17-5-4-10-28(17)16-25)23-15-21(26)19-14-18(6-7-22(19)30-23)29-12-11-27-8-2-1-3-9-27/h4-7,10,13-16,25-26H,1-3,8-9,11-12H2/b20-13-,25-16?,26-21?. The van der Waals surface area contributed by atoms with Gasteiger partial charge in [0, 0.05) is 29.9 Å². The highest BCUT2D eigenvalue weighted by Crippen LogP contribution is 2.27. The lowest BCUT2D eigenvalue weighted by Crippen LogP contribution is -2.33. The second-order valence-corrected chi connectivity index (χ2v) is 8.56. The molecule has 1 fully saturated rings. The van der Waals surface area contributed by atoms with Gasteiger partial charge in [0.05, 0.1) is 15.3 Å². The molecule has 0 amide bonds. The van der Waals surface area contributed by atoms with E-state index in [-0.39, 0.29) is 0 Å². The molecule has 1 aliphatic heterocycles. The second kappa shape index (κ2) is 9.61. The van der Waals surface area contributed by atoms with E-state index in [1.54, 1.807) is 10.6 Å². The van der Waals surface area contributed by atoms with Crippen molar-refractivity contribution in [3.8, 4) is 5.75 Å². The van der Waals surface area contributed by atoms with Gasteiger partial charge in [-0.25, -0.2) is 0 Å². The Bertz CT molecular complexity index is 1130. The van der Waals surface area contributed by atoms with Gasteiger partial charge in [-0.3, -0.25) is 15.7 Å². The molecule has 0 spiro atoms. The maximum absolute atomic E-state index is 8.46. The Balaban J connectivity index is 1.51. The summed E-state index contributed by atoms with van der Waals surface area (Å²) in [5, 5.41) is 17.1. The minimum absolute atomic E-state index is 0.401. The van der Waals surface area contributed by atoms with Gasteiger partial charge >= 0.3 is 0 Å². The van der Waals surface area contributed by atoms with Gasteiger partial charge in [-0.2, -0.15) is 0 Å². The summed E-state index contributed by atoms with van der Waals surface area (Å²) in [5.41, 5.74) is 1.54. The SMILES string of the molecule is N=Cn1cccc1/C=C(\I)c1cc(=N)c2cc(OCCN3CCCCC3)ccc2o1. The van der Waals surface area contributed by atoms with Crippen LogP contribution in [0.3, 0.4) is 0 Å². The predicted octanol–water partition coefficient (Wildman–Crippen LogP) is 4.97. The Hall–Kier alpha value is -2.39. The summed E-state index contributed by atoms with van der Waals surface area (Å²) in [6, 6.07) is 11.2. The van der Waals surface area contributed by atoms with Crippen molar-refractivity contribution < 1.29 is 9.15 Å². The Morgan fingerprint density at radius 3 is 2.80 bits per heavy atom. The Kier molecular flexibility index (Phi) is 6.69. The summed E-state index contributed by atoms with van der Waals surface area (Å²) in [6.07, 6.45) is 8.92. The number of nitrogens with zero attached hydrogens (tertiary/aromatic N) is 2. The molecule has 3 aromatic rings. The summed E-state index contributed by atoms with van der Waals surface area (Å²) in [7, 11) is 0. The van der Waals surface area contributed by atoms with Crippen LogP contribution in [-0.4, -0.2) is 42.0 Å². The van der Waals surface area contributed by atoms with Gasteiger partial charge in [0.1, 0.15) is 23.7 Å². The minimum atomic E-state index is 0.401. The molecule has 0 unspecified atom stereocenters. The second-order valence-electron chi connectivity index (χ2n) is 7.39. The maximum atomic E-state index is 8.46. The summed E-state index contributed by atoms with van der Waals surface area (Å²) in [6.45, 7) is 3.92. The monoisotopic (exact) mass is 516 g/mol. The number of benzene rings is 1. The zero-order valence-corrected chi connectivity index (χ0v) is 18.9. The van der Waals surface area contributed by atoms with Crippen LogP contribution in [0.2, 0.25) is 0 Å². The summed E-state index contributed by atoms with van der Waals surface area (Å²) < 4.78 is 14.6. The summed E-state index contributed by atoms with van der Waals surface area (Å²) in [4.78, 5) is 2.45. The molecule has 0 atom stereocenters. The van der Waals surface area contributed by atoms with Crippen LogP contribution in [0.4, 0.5) is 0 Å². The molecule has 3 heterocycles. The van der Waals surface area contributed by atoms with Crippen molar-refractivity contribution in [2.24, 2.45) is 0 Å². The number of hydrogen-bond acceptors (Lipinski definition) is 5. The first-order valence-electron chi connectivity index (χ1n) is 10.2. The molecule has 1 aliphatic rings. The normalized spacial score (nSPS) is 15.4. The van der Waals surface area contributed by atoms with Gasteiger partial charge < -0.3 is 13.7 Å². The third kappa shape index (κ3) is 4.84. The van der Waals surface area contributed by atoms with E-state index in [0.717, 1.165) is 40.0 Å². The lowest BCUT2D eigenvalue weighted by atomic mass is 10.1. The molecule has 0 bridgehead atoms. The van der Waals surface area contributed by atoms with Crippen molar-refractivity contribution >= 4 is 49.6 Å². The molecule has 2 aromatic heterocycles. The van der Waals surface area contributed by atoms with Crippen LogP contribution in [0, 0.1) is 10.8 Å². The zero-order chi connectivity index (χ0) is 20.9. The van der Waals surface area contributed by atoms with Crippen molar-refractivity contribution in [2.45, 2.75) is 19.3 Å². The molecule has 0 radical (unpaired) electrons. The quantitative estimate of drug-likeness (QED) is 0.265. The van der Waals surface area contributed by atoms with Crippen LogP contribution in [0.25, 0.3) is 20.6 Å². The molecular formula is C23H25IN4O2. The van der Waals surface area contributed by atoms with Crippen molar-refractivity contribution in [1.29, 1.82) is 10.8 Å². The molecule has 30 heavy (non-hydrogen) atoms. The third-order valence-electron chi connectivity index (χ3n) is 5.32. The van der Waals surface area contributed by atoms with E-state index in [2.05, 4.69) is 27.5 Å². The first-order chi connectivity index (χ1) is 14.6. The molecule has 0 saturated carbocycles. The van der Waals surface area contributed by atoms with Gasteiger partial charge in [-0.15, -0.1) is 0 Å². The van der Waals surface area contributed by atoms with Gasteiger partial charge in [0.15, 0.2) is 0 Å². The molecule has 6 nitrogen and oxygen atoms in total. The third-order valence-corrected chi connectivity index (χ3v) is 6.17. The number of ether oxygens (including phenoxy) is 1. The van der Waals surface area contributed by atoms with Gasteiger partial charge in [-0.1, -0.05) is 6.42 Å². The number of hydrogen-bond donors (Lipinski definition) is 2. The summed E-state index contributed by atoms with van der Waals surface area (Å²) in [5.74, 6) is 1.40. The molecule has 1 saturated heterocycles. The molecule has 156 valence electrons. The topological polar surface area (TPSA) is 78.2 Å². The van der Waals surface area contributed by atoms with E-state index in [1.165, 1.54) is 25.6 Å². The van der Waals surface area contributed by atoms with E-state index in [0.29, 0.717) is 23.3 Å². The van der Waals surface area contributed by atoms with Crippen LogP contribution in [0.1, 0.15) is 30.7 Å². The molecular weight excluding hydrogens is 491 g/mol. The van der Waals surface area contributed by atoms with E-state index in [9.17, 15) is 0 Å². The first kappa shape index (κ1) is 20.9. The lowest BCUT2D eigenvalue weighted by Gasteiger charge is -2.26. The van der Waals surface area contributed by atoms with E-state index in [1.807, 2.05) is 42.6 Å². The number of nitrogens with one attached hydrogen (secondary N) is 2. The smallest absolute Gasteiger partial charge is 0.143 e. The average Bonchev–Trinajstić information content (AvgIpc) is 3.21. The van der Waals surface area contributed by atoms with Crippen LogP contribution in [0.15, 0.2) is 47.0 Å². The highest BCUT2D eigenvalue weighted by molar-refractivity contribution is 14.1. The lowest BCUT2D eigenvalue weighted by molar-refractivity contribution is 0.183. The van der Waals surface area contributed by atoms with Crippen molar-refractivity contribution in [1.82, 2.24) is 9.47 Å². The largest absolute Gasteiger partial charge is 0.492 e. The number of rotatable bonds is 7. The fourth-order valence-corrected chi connectivity index (χ4v) is 4.28. The van der Waals surface area contributed by atoms with Gasteiger partial charge in [0.2, 0.25) is 0 Å². The van der Waals surface area contributed by atoms with Gasteiger partial charge in [0.25, 0.3) is 0 Å². The van der Waals surface area contributed by atoms with E-state index < -0.39 is 0 Å². The Morgan fingerprint density at radius 2 is 2.00 bits per heavy atom. The van der Waals surface area contributed by atoms with E-state index in [4.69, 9.17) is 20.0 Å². The fourth-order valence-electron chi connectivity index (χ4n) is 3.70. The van der Waals surface area contributed by atoms with Crippen LogP contribution in [0.5, 0.6) is 5.75 Å². The molecule has 4 rings (SSSR count). The molecule has 1 aromatic carbocycles. The average molecular weight is 516 g/mol. The molecule has 2 N–H and O–H groups in total. The van der Waals surface area contributed by atoms with Crippen molar-refractivity contribution in [3.05, 3.63) is 59.4 Å². The van der Waals surface area contributed by atoms with Crippen LogP contribution < -0.4 is 10.1 Å². The molecule has 7 heteroatoms. The fraction of sp³-hybridized carbons (Fsp3) is 0.304. The first-order valence-corrected chi connectivity index (χ1v) is 11.2. The maximum Gasteiger partial charge on any atom is 0.143 e. The van der Waals surface area contributed by atoms with Crippen LogP contribution in [-0.2, 0) is 0 Å². The number of aromatic nitrogens is 1. The van der Waals surface area contributed by atoms with Gasteiger partial charge in [-0.05, 0) is 84.9 Å². The molecule has 0 aliphatic carbocycles. The van der Waals surface area contributed by atoms with Crippen molar-refractivity contribution in [3.63, 3.8) is 0 Å². The number of piperidine rings is 1. The number of likely N-dealkylation sites (tertiary alicyclic amines) is 1. The number of halogens is 1. The van der Waals surface area contributed by atoms with Crippen molar-refractivity contribution in [2.75, 3.05) is 26.2 Å². The summed E-state index contributed by atoms with van der Waals surface area (Å²) >= 11 is 2.20. The predicted molar refractivity (Wildman–Crippen MR) is 128 cm³/mol. The minimum Gasteiger partial charge on any atom is -0.492 e.